The second-order valence-corrected chi connectivity index (χ2v) is 9.10. The average molecular weight is 372 g/mol. The highest BCUT2D eigenvalue weighted by atomic mass is 32.2. The lowest BCUT2D eigenvalue weighted by atomic mass is 10.1. The lowest BCUT2D eigenvalue weighted by molar-refractivity contribution is -0.137. The van der Waals surface area contributed by atoms with Crippen LogP contribution in [0.25, 0.3) is 0 Å². The van der Waals surface area contributed by atoms with E-state index in [2.05, 4.69) is 10.6 Å². The van der Waals surface area contributed by atoms with Gasteiger partial charge in [-0.3, -0.25) is 19.7 Å². The van der Waals surface area contributed by atoms with E-state index in [-0.39, 0.29) is 16.7 Å². The van der Waals surface area contributed by atoms with Crippen molar-refractivity contribution in [2.75, 3.05) is 18.8 Å². The molecule has 0 aromatic carbocycles. The smallest absolute Gasteiger partial charge is 0.242 e. The first-order valence-electron chi connectivity index (χ1n) is 8.37. The van der Waals surface area contributed by atoms with Crippen molar-refractivity contribution in [1.29, 1.82) is 0 Å². The Morgan fingerprint density at radius 1 is 1.36 bits per heavy atom. The molecule has 0 unspecified atom stereocenters. The summed E-state index contributed by atoms with van der Waals surface area (Å²) in [6.07, 6.45) is -0.540. The number of hydrogen-bond donors (Lipinski definition) is 3. The normalized spacial score (nSPS) is 24.5. The maximum absolute atomic E-state index is 12.5. The Morgan fingerprint density at radius 2 is 1.96 bits per heavy atom. The zero-order valence-electron chi connectivity index (χ0n) is 15.4. The Hall–Kier alpha value is -1.32. The molecular weight excluding hydrogens is 344 g/mol. The SMILES string of the molecule is CC(=O)N1CC2(C1)N[C@H](C(=O)N[C@H](C(N)=O)[C@@H](C)OC(C)(C)C)CS2. The van der Waals surface area contributed by atoms with Crippen molar-refractivity contribution in [3.8, 4) is 0 Å². The van der Waals surface area contributed by atoms with Gasteiger partial charge in [0, 0.05) is 12.7 Å². The molecule has 0 saturated carbocycles. The van der Waals surface area contributed by atoms with E-state index in [4.69, 9.17) is 10.5 Å². The van der Waals surface area contributed by atoms with Crippen molar-refractivity contribution >= 4 is 29.5 Å². The molecule has 0 aromatic heterocycles. The van der Waals surface area contributed by atoms with Crippen LogP contribution in [0, 0.1) is 0 Å². The standard InChI is InChI=1S/C16H28N4O4S/c1-9(24-15(3,4)5)12(13(17)22)18-14(23)11-6-25-16(19-11)7-20(8-16)10(2)21/h9,11-12,19H,6-8H2,1-5H3,(H2,17,22)(H,18,23)/t9-,11+,12+/m1/s1. The summed E-state index contributed by atoms with van der Waals surface area (Å²) >= 11 is 1.63. The van der Waals surface area contributed by atoms with E-state index in [9.17, 15) is 14.4 Å². The van der Waals surface area contributed by atoms with Crippen molar-refractivity contribution in [1.82, 2.24) is 15.5 Å². The molecule has 3 amide bonds. The number of amides is 3. The molecule has 2 fully saturated rings. The highest BCUT2D eigenvalue weighted by Crippen LogP contribution is 2.38. The first kappa shape index (κ1) is 20.0. The molecule has 142 valence electrons. The molecule has 3 atom stereocenters. The van der Waals surface area contributed by atoms with Gasteiger partial charge in [0.15, 0.2) is 0 Å². The summed E-state index contributed by atoms with van der Waals surface area (Å²) in [6.45, 7) is 10.0. The van der Waals surface area contributed by atoms with E-state index in [0.29, 0.717) is 18.8 Å². The third kappa shape index (κ3) is 4.86. The summed E-state index contributed by atoms with van der Waals surface area (Å²) < 4.78 is 5.75. The number of nitrogens with one attached hydrogen (secondary N) is 2. The maximum atomic E-state index is 12.5. The number of carbonyl (C=O) groups is 3. The van der Waals surface area contributed by atoms with Crippen molar-refractivity contribution < 1.29 is 19.1 Å². The van der Waals surface area contributed by atoms with Gasteiger partial charge in [0.2, 0.25) is 17.7 Å². The topological polar surface area (TPSA) is 114 Å². The van der Waals surface area contributed by atoms with Gasteiger partial charge < -0.3 is 20.7 Å². The van der Waals surface area contributed by atoms with Gasteiger partial charge in [0.1, 0.15) is 10.9 Å². The minimum atomic E-state index is -0.898. The van der Waals surface area contributed by atoms with Gasteiger partial charge in [0.25, 0.3) is 0 Å². The summed E-state index contributed by atoms with van der Waals surface area (Å²) in [5.41, 5.74) is 4.99. The molecule has 2 heterocycles. The number of rotatable bonds is 5. The van der Waals surface area contributed by atoms with E-state index in [1.807, 2.05) is 20.8 Å². The largest absolute Gasteiger partial charge is 0.370 e. The Balaban J connectivity index is 1.92. The molecule has 0 bridgehead atoms. The van der Waals surface area contributed by atoms with E-state index in [0.717, 1.165) is 0 Å². The van der Waals surface area contributed by atoms with E-state index in [1.54, 1.807) is 23.6 Å². The molecule has 2 aliphatic rings. The zero-order valence-corrected chi connectivity index (χ0v) is 16.2. The number of nitrogens with two attached hydrogens (primary N) is 1. The molecule has 0 radical (unpaired) electrons. The minimum Gasteiger partial charge on any atom is -0.370 e. The zero-order chi connectivity index (χ0) is 19.0. The first-order valence-corrected chi connectivity index (χ1v) is 9.36. The Morgan fingerprint density at radius 3 is 2.44 bits per heavy atom. The van der Waals surface area contributed by atoms with Gasteiger partial charge in [-0.1, -0.05) is 0 Å². The molecule has 4 N–H and O–H groups in total. The number of thioether (sulfide) groups is 1. The lowest BCUT2D eigenvalue weighted by Gasteiger charge is -2.47. The molecule has 0 aliphatic carbocycles. The number of likely N-dealkylation sites (tertiary alicyclic amines) is 1. The molecule has 2 aliphatic heterocycles. The number of carbonyl (C=O) groups excluding carboxylic acids is 3. The van der Waals surface area contributed by atoms with Crippen molar-refractivity contribution in [2.24, 2.45) is 5.73 Å². The molecule has 1 spiro atoms. The second-order valence-electron chi connectivity index (χ2n) is 7.70. The quantitative estimate of drug-likeness (QED) is 0.595. The van der Waals surface area contributed by atoms with Crippen LogP contribution in [0.4, 0.5) is 0 Å². The number of primary amides is 1. The fraction of sp³-hybridized carbons (Fsp3) is 0.812. The first-order chi connectivity index (χ1) is 11.4. The van der Waals surface area contributed by atoms with Crippen molar-refractivity contribution in [3.05, 3.63) is 0 Å². The third-order valence-electron chi connectivity index (χ3n) is 4.23. The van der Waals surface area contributed by atoms with E-state index < -0.39 is 29.7 Å². The van der Waals surface area contributed by atoms with Crippen LogP contribution in [-0.2, 0) is 19.1 Å². The van der Waals surface area contributed by atoms with Gasteiger partial charge in [0.05, 0.1) is 30.8 Å². The van der Waals surface area contributed by atoms with Crippen LogP contribution in [0.15, 0.2) is 0 Å². The highest BCUT2D eigenvalue weighted by molar-refractivity contribution is 8.01. The second kappa shape index (κ2) is 7.13. The monoisotopic (exact) mass is 372 g/mol. The summed E-state index contributed by atoms with van der Waals surface area (Å²) in [7, 11) is 0. The number of ether oxygens (including phenoxy) is 1. The third-order valence-corrected chi connectivity index (χ3v) is 5.66. The van der Waals surface area contributed by atoms with Crippen LogP contribution in [-0.4, -0.2) is 70.1 Å². The van der Waals surface area contributed by atoms with E-state index >= 15 is 0 Å². The number of nitrogens with zero attached hydrogens (tertiary/aromatic N) is 1. The maximum Gasteiger partial charge on any atom is 0.242 e. The van der Waals surface area contributed by atoms with Crippen LogP contribution in [0.5, 0.6) is 0 Å². The number of hydrogen-bond acceptors (Lipinski definition) is 6. The molecule has 0 aromatic rings. The van der Waals surface area contributed by atoms with E-state index in [1.165, 1.54) is 6.92 Å². The summed E-state index contributed by atoms with van der Waals surface area (Å²) in [5, 5.41) is 5.99. The fourth-order valence-electron chi connectivity index (χ4n) is 3.06. The van der Waals surface area contributed by atoms with Crippen LogP contribution in [0.2, 0.25) is 0 Å². The molecule has 25 heavy (non-hydrogen) atoms. The van der Waals surface area contributed by atoms with Crippen molar-refractivity contribution in [2.45, 2.75) is 63.3 Å². The molecule has 8 nitrogen and oxygen atoms in total. The fourth-order valence-corrected chi connectivity index (χ4v) is 4.50. The van der Waals surface area contributed by atoms with Gasteiger partial charge in [-0.2, -0.15) is 0 Å². The van der Waals surface area contributed by atoms with Crippen molar-refractivity contribution in [3.63, 3.8) is 0 Å². The summed E-state index contributed by atoms with van der Waals surface area (Å²) in [4.78, 5) is 37.1. The van der Waals surface area contributed by atoms with Gasteiger partial charge in [-0.25, -0.2) is 0 Å². The summed E-state index contributed by atoms with van der Waals surface area (Å²) in [6, 6.07) is -1.33. The average Bonchev–Trinajstić information content (AvgIpc) is 2.85. The molecule has 2 rings (SSSR count). The van der Waals surface area contributed by atoms with Crippen LogP contribution in [0.3, 0.4) is 0 Å². The minimum absolute atomic E-state index is 0.0304. The van der Waals surface area contributed by atoms with Crippen LogP contribution in [0.1, 0.15) is 34.6 Å². The predicted octanol–water partition coefficient (Wildman–Crippen LogP) is -0.576. The molecular formula is C16H28N4O4S. The Bertz CT molecular complexity index is 557. The highest BCUT2D eigenvalue weighted by Gasteiger charge is 2.51. The summed E-state index contributed by atoms with van der Waals surface area (Å²) in [5.74, 6) is -0.295. The lowest BCUT2D eigenvalue weighted by Crippen LogP contribution is -2.68. The molecule has 2 saturated heterocycles. The van der Waals surface area contributed by atoms with Crippen LogP contribution >= 0.6 is 11.8 Å². The van der Waals surface area contributed by atoms with Gasteiger partial charge in [-0.15, -0.1) is 11.8 Å². The predicted molar refractivity (Wildman–Crippen MR) is 95.8 cm³/mol. The van der Waals surface area contributed by atoms with Gasteiger partial charge >= 0.3 is 0 Å². The Labute approximate surface area is 152 Å². The van der Waals surface area contributed by atoms with Gasteiger partial charge in [-0.05, 0) is 27.7 Å². The Kier molecular flexibility index (Phi) is 5.70. The van der Waals surface area contributed by atoms with Crippen LogP contribution < -0.4 is 16.4 Å². The molecule has 9 heteroatoms.